The highest BCUT2D eigenvalue weighted by atomic mass is 16.3. The second kappa shape index (κ2) is 5.58. The van der Waals surface area contributed by atoms with Crippen molar-refractivity contribution in [3.8, 4) is 0 Å². The molecule has 2 heterocycles. The first kappa shape index (κ1) is 11.8. The zero-order valence-corrected chi connectivity index (χ0v) is 9.37. The molecule has 18 heavy (non-hydrogen) atoms. The molecule has 0 saturated carbocycles. The highest BCUT2D eigenvalue weighted by Gasteiger charge is 2.09. The number of nitrogens with zero attached hydrogens (tertiary/aromatic N) is 1. The summed E-state index contributed by atoms with van der Waals surface area (Å²) in [5, 5.41) is 2.44. The number of furan rings is 1. The average molecular weight is 242 g/mol. The molecule has 0 saturated heterocycles. The Labute approximate surface area is 103 Å². The van der Waals surface area contributed by atoms with E-state index in [0.29, 0.717) is 12.0 Å². The van der Waals surface area contributed by atoms with E-state index in [1.165, 1.54) is 18.4 Å². The number of hydrogen-bond donors (Lipinski definition) is 1. The zero-order valence-electron chi connectivity index (χ0n) is 9.37. The van der Waals surface area contributed by atoms with Gasteiger partial charge in [0.05, 0.1) is 17.7 Å². The van der Waals surface area contributed by atoms with E-state index in [4.69, 9.17) is 4.42 Å². The maximum atomic E-state index is 11.6. The van der Waals surface area contributed by atoms with Crippen molar-refractivity contribution < 1.29 is 14.0 Å². The molecule has 0 fully saturated rings. The lowest BCUT2D eigenvalue weighted by molar-refractivity contribution is -0.105. The molecule has 5 nitrogen and oxygen atoms in total. The number of amides is 1. The van der Waals surface area contributed by atoms with Crippen molar-refractivity contribution in [3.63, 3.8) is 0 Å². The van der Waals surface area contributed by atoms with Gasteiger partial charge in [-0.05, 0) is 30.3 Å². The molecule has 0 bridgehead atoms. The summed E-state index contributed by atoms with van der Waals surface area (Å²) in [4.78, 5) is 26.5. The maximum Gasteiger partial charge on any atom is 0.291 e. The molecule has 0 aliphatic rings. The van der Waals surface area contributed by atoms with Crippen molar-refractivity contribution in [1.82, 2.24) is 10.3 Å². The van der Waals surface area contributed by atoms with Gasteiger partial charge in [-0.2, -0.15) is 0 Å². The molecule has 0 radical (unpaired) electrons. The van der Waals surface area contributed by atoms with Crippen LogP contribution in [0.15, 0.2) is 52.9 Å². The number of aromatic nitrogens is 1. The number of hydrogen-bond acceptors (Lipinski definition) is 4. The van der Waals surface area contributed by atoms with Crippen LogP contribution in [0, 0.1) is 0 Å². The first-order chi connectivity index (χ1) is 8.79. The number of rotatable bonds is 4. The minimum absolute atomic E-state index is 0.120. The number of pyridine rings is 1. The first-order valence-electron chi connectivity index (χ1n) is 5.22. The lowest BCUT2D eigenvalue weighted by atomic mass is 10.3. The summed E-state index contributed by atoms with van der Waals surface area (Å²) in [6.07, 6.45) is 5.02. The molecule has 0 aliphatic heterocycles. The van der Waals surface area contributed by atoms with Crippen LogP contribution >= 0.6 is 0 Å². The predicted molar refractivity (Wildman–Crippen MR) is 64.5 cm³/mol. The third-order valence-corrected chi connectivity index (χ3v) is 2.12. The summed E-state index contributed by atoms with van der Waals surface area (Å²) in [6.45, 7) is 0. The SMILES string of the molecule is O=C/C(=C\c1ccccn1)NC(=O)c1ccco1. The van der Waals surface area contributed by atoms with E-state index in [0.717, 1.165) is 0 Å². The molecule has 1 amide bonds. The fraction of sp³-hybridized carbons (Fsp3) is 0. The lowest BCUT2D eigenvalue weighted by Gasteiger charge is -2.01. The van der Waals surface area contributed by atoms with Gasteiger partial charge in [-0.15, -0.1) is 0 Å². The Hall–Kier alpha value is -2.69. The fourth-order valence-corrected chi connectivity index (χ4v) is 1.32. The van der Waals surface area contributed by atoms with Crippen LogP contribution in [-0.4, -0.2) is 17.2 Å². The summed E-state index contributed by atoms with van der Waals surface area (Å²) in [7, 11) is 0. The number of allylic oxidation sites excluding steroid dienone is 1. The van der Waals surface area contributed by atoms with Crippen LogP contribution in [0.25, 0.3) is 6.08 Å². The topological polar surface area (TPSA) is 72.2 Å². The van der Waals surface area contributed by atoms with Crippen molar-refractivity contribution >= 4 is 18.3 Å². The van der Waals surface area contributed by atoms with E-state index in [1.807, 2.05) is 0 Å². The predicted octanol–water partition coefficient (Wildman–Crippen LogP) is 1.64. The van der Waals surface area contributed by atoms with Gasteiger partial charge >= 0.3 is 0 Å². The second-order valence-corrected chi connectivity index (χ2v) is 3.40. The van der Waals surface area contributed by atoms with Crippen molar-refractivity contribution in [2.24, 2.45) is 0 Å². The Morgan fingerprint density at radius 2 is 2.17 bits per heavy atom. The number of carbonyl (C=O) groups is 2. The smallest absolute Gasteiger partial charge is 0.291 e. The second-order valence-electron chi connectivity index (χ2n) is 3.40. The van der Waals surface area contributed by atoms with Gasteiger partial charge in [0.2, 0.25) is 0 Å². The van der Waals surface area contributed by atoms with Crippen molar-refractivity contribution in [2.45, 2.75) is 0 Å². The largest absolute Gasteiger partial charge is 0.459 e. The van der Waals surface area contributed by atoms with Crippen LogP contribution in [-0.2, 0) is 4.79 Å². The quantitative estimate of drug-likeness (QED) is 0.653. The maximum absolute atomic E-state index is 11.6. The van der Waals surface area contributed by atoms with Gasteiger partial charge in [0.15, 0.2) is 12.0 Å². The van der Waals surface area contributed by atoms with Gasteiger partial charge in [0.1, 0.15) is 0 Å². The van der Waals surface area contributed by atoms with E-state index in [9.17, 15) is 9.59 Å². The van der Waals surface area contributed by atoms with Crippen LogP contribution in [0.5, 0.6) is 0 Å². The Morgan fingerprint density at radius 3 is 2.78 bits per heavy atom. The summed E-state index contributed by atoms with van der Waals surface area (Å²) in [6, 6.07) is 8.38. The fourth-order valence-electron chi connectivity index (χ4n) is 1.32. The molecular formula is C13H10N2O3. The Kier molecular flexibility index (Phi) is 3.66. The van der Waals surface area contributed by atoms with Gasteiger partial charge in [0, 0.05) is 6.20 Å². The molecule has 2 aromatic rings. The van der Waals surface area contributed by atoms with Crippen LogP contribution in [0.1, 0.15) is 16.2 Å². The van der Waals surface area contributed by atoms with Crippen LogP contribution in [0.3, 0.4) is 0 Å². The molecule has 1 N–H and O–H groups in total. The van der Waals surface area contributed by atoms with E-state index < -0.39 is 5.91 Å². The molecular weight excluding hydrogens is 232 g/mol. The van der Waals surface area contributed by atoms with Gasteiger partial charge < -0.3 is 9.73 Å². The zero-order chi connectivity index (χ0) is 12.8. The number of carbonyl (C=O) groups excluding carboxylic acids is 2. The van der Waals surface area contributed by atoms with E-state index in [1.54, 1.807) is 30.5 Å². The standard InChI is InChI=1S/C13H10N2O3/c16-9-11(8-10-4-1-2-6-14-10)15-13(17)12-5-3-7-18-12/h1-9H,(H,15,17)/b11-8+. The van der Waals surface area contributed by atoms with E-state index in [-0.39, 0.29) is 11.5 Å². The highest BCUT2D eigenvalue weighted by molar-refractivity contribution is 5.97. The summed E-state index contributed by atoms with van der Waals surface area (Å²) < 4.78 is 4.92. The molecule has 5 heteroatoms. The summed E-state index contributed by atoms with van der Waals surface area (Å²) >= 11 is 0. The third-order valence-electron chi connectivity index (χ3n) is 2.12. The molecule has 2 aromatic heterocycles. The minimum atomic E-state index is -0.478. The van der Waals surface area contributed by atoms with Crippen molar-refractivity contribution in [1.29, 1.82) is 0 Å². The Bertz CT molecular complexity index is 559. The summed E-state index contributed by atoms with van der Waals surface area (Å²) in [5.41, 5.74) is 0.703. The van der Waals surface area contributed by atoms with Crippen LogP contribution in [0.4, 0.5) is 0 Å². The molecule has 0 unspecified atom stereocenters. The van der Waals surface area contributed by atoms with Crippen LogP contribution < -0.4 is 5.32 Å². The lowest BCUT2D eigenvalue weighted by Crippen LogP contribution is -2.22. The third kappa shape index (κ3) is 2.91. The van der Waals surface area contributed by atoms with Gasteiger partial charge in [-0.3, -0.25) is 14.6 Å². The van der Waals surface area contributed by atoms with Crippen LogP contribution in [0.2, 0.25) is 0 Å². The molecule has 0 aromatic carbocycles. The van der Waals surface area contributed by atoms with Gasteiger partial charge in [0.25, 0.3) is 5.91 Å². The molecule has 0 spiro atoms. The highest BCUT2D eigenvalue weighted by Crippen LogP contribution is 2.03. The van der Waals surface area contributed by atoms with Gasteiger partial charge in [-0.25, -0.2) is 0 Å². The molecule has 2 rings (SSSR count). The minimum Gasteiger partial charge on any atom is -0.459 e. The number of nitrogens with one attached hydrogen (secondary N) is 1. The monoisotopic (exact) mass is 242 g/mol. The Morgan fingerprint density at radius 1 is 1.28 bits per heavy atom. The summed E-state index contributed by atoms with van der Waals surface area (Å²) in [5.74, 6) is -0.335. The molecule has 0 aliphatic carbocycles. The Balaban J connectivity index is 2.13. The normalized spacial score (nSPS) is 11.0. The van der Waals surface area contributed by atoms with Crippen molar-refractivity contribution in [3.05, 3.63) is 59.9 Å². The van der Waals surface area contributed by atoms with Crippen molar-refractivity contribution in [2.75, 3.05) is 0 Å². The average Bonchev–Trinajstić information content (AvgIpc) is 2.93. The van der Waals surface area contributed by atoms with Gasteiger partial charge in [-0.1, -0.05) is 6.07 Å². The first-order valence-corrected chi connectivity index (χ1v) is 5.22. The number of aldehydes is 1. The van der Waals surface area contributed by atoms with E-state index >= 15 is 0 Å². The molecule has 90 valence electrons. The molecule has 0 atom stereocenters. The van der Waals surface area contributed by atoms with E-state index in [2.05, 4.69) is 10.3 Å².